The molecule has 0 bridgehead atoms. The first-order valence-corrected chi connectivity index (χ1v) is 22.5. The van der Waals surface area contributed by atoms with E-state index in [1.807, 2.05) is 0 Å². The number of rotatable bonds is 33. The Hall–Kier alpha value is -2.67. The Morgan fingerprint density at radius 2 is 1.07 bits per heavy atom. The second kappa shape index (κ2) is 33.6. The second-order valence-corrected chi connectivity index (χ2v) is 15.6. The SMILES string of the molecule is CCCCC/C=C\C/C=C\CCCCCCCCOC(=O)C1CC(OC(=O)CN2CCCC2)CN1C(=O)CCCCCCC/C=C\C/C=C\CCCCC. The maximum Gasteiger partial charge on any atom is 0.329 e. The first-order chi connectivity index (χ1) is 26.5. The first-order valence-electron chi connectivity index (χ1n) is 22.5. The Morgan fingerprint density at radius 3 is 1.61 bits per heavy atom. The molecule has 0 aromatic heterocycles. The minimum atomic E-state index is -0.676. The molecule has 0 aromatic carbocycles. The van der Waals surface area contributed by atoms with E-state index in [0.29, 0.717) is 19.4 Å². The molecule has 2 unspecified atom stereocenters. The smallest absolute Gasteiger partial charge is 0.329 e. The van der Waals surface area contributed by atoms with Crippen molar-refractivity contribution in [1.29, 1.82) is 0 Å². The van der Waals surface area contributed by atoms with Crippen LogP contribution in [0, 0.1) is 0 Å². The van der Waals surface area contributed by atoms with E-state index < -0.39 is 12.1 Å². The highest BCUT2D eigenvalue weighted by molar-refractivity contribution is 5.85. The molecule has 54 heavy (non-hydrogen) atoms. The molecule has 0 saturated carbocycles. The molecule has 2 heterocycles. The van der Waals surface area contributed by atoms with Gasteiger partial charge in [0.25, 0.3) is 0 Å². The summed E-state index contributed by atoms with van der Waals surface area (Å²) in [4.78, 5) is 43.1. The van der Waals surface area contributed by atoms with E-state index >= 15 is 0 Å². The maximum absolute atomic E-state index is 13.4. The predicted molar refractivity (Wildman–Crippen MR) is 225 cm³/mol. The van der Waals surface area contributed by atoms with E-state index in [1.54, 1.807) is 4.90 Å². The van der Waals surface area contributed by atoms with E-state index in [1.165, 1.54) is 77.0 Å². The highest BCUT2D eigenvalue weighted by Gasteiger charge is 2.42. The average molecular weight is 753 g/mol. The van der Waals surface area contributed by atoms with Crippen molar-refractivity contribution in [3.05, 3.63) is 48.6 Å². The number of hydrogen-bond acceptors (Lipinski definition) is 6. The summed E-state index contributed by atoms with van der Waals surface area (Å²) in [6.45, 7) is 7.24. The number of carbonyl (C=O) groups excluding carboxylic acids is 3. The quantitative estimate of drug-likeness (QED) is 0.0377. The van der Waals surface area contributed by atoms with Crippen LogP contribution in [0.3, 0.4) is 0 Å². The summed E-state index contributed by atoms with van der Waals surface area (Å²) in [6, 6.07) is -0.676. The molecule has 1 amide bonds. The van der Waals surface area contributed by atoms with Crippen LogP contribution in [-0.2, 0) is 23.9 Å². The number of hydrogen-bond donors (Lipinski definition) is 0. The highest BCUT2D eigenvalue weighted by atomic mass is 16.6. The van der Waals surface area contributed by atoms with Gasteiger partial charge in [-0.15, -0.1) is 0 Å². The van der Waals surface area contributed by atoms with Crippen LogP contribution in [0.15, 0.2) is 48.6 Å². The van der Waals surface area contributed by atoms with Crippen molar-refractivity contribution in [1.82, 2.24) is 9.80 Å². The summed E-state index contributed by atoms with van der Waals surface area (Å²) in [5, 5.41) is 0. The van der Waals surface area contributed by atoms with Gasteiger partial charge in [0.1, 0.15) is 12.1 Å². The lowest BCUT2D eigenvalue weighted by Gasteiger charge is -2.23. The minimum absolute atomic E-state index is 0.0329. The van der Waals surface area contributed by atoms with Crippen molar-refractivity contribution in [2.45, 2.75) is 199 Å². The number of ether oxygens (including phenoxy) is 2. The lowest BCUT2D eigenvalue weighted by molar-refractivity contribution is -0.153. The number of nitrogens with zero attached hydrogens (tertiary/aromatic N) is 2. The molecule has 2 rings (SSSR count). The van der Waals surface area contributed by atoms with Gasteiger partial charge in [0, 0.05) is 12.8 Å². The molecule has 0 N–H and O–H groups in total. The van der Waals surface area contributed by atoms with Crippen molar-refractivity contribution in [3.63, 3.8) is 0 Å². The van der Waals surface area contributed by atoms with Gasteiger partial charge in [-0.1, -0.05) is 133 Å². The molecule has 0 radical (unpaired) electrons. The summed E-state index contributed by atoms with van der Waals surface area (Å²) in [6.07, 6.45) is 47.2. The van der Waals surface area contributed by atoms with E-state index in [4.69, 9.17) is 9.47 Å². The van der Waals surface area contributed by atoms with Gasteiger partial charge in [-0.25, -0.2) is 4.79 Å². The van der Waals surface area contributed by atoms with E-state index in [0.717, 1.165) is 96.6 Å². The van der Waals surface area contributed by atoms with Crippen molar-refractivity contribution < 1.29 is 23.9 Å². The lowest BCUT2D eigenvalue weighted by atomic mass is 10.1. The fourth-order valence-electron chi connectivity index (χ4n) is 7.32. The van der Waals surface area contributed by atoms with Crippen LogP contribution >= 0.6 is 0 Å². The molecule has 2 aliphatic rings. The zero-order chi connectivity index (χ0) is 38.7. The zero-order valence-electron chi connectivity index (χ0n) is 34.8. The lowest BCUT2D eigenvalue weighted by Crippen LogP contribution is -2.41. The average Bonchev–Trinajstić information content (AvgIpc) is 3.84. The Kier molecular flexibility index (Phi) is 29.6. The summed E-state index contributed by atoms with van der Waals surface area (Å²) >= 11 is 0. The second-order valence-electron chi connectivity index (χ2n) is 15.6. The van der Waals surface area contributed by atoms with Gasteiger partial charge >= 0.3 is 11.9 Å². The number of carbonyl (C=O) groups is 3. The standard InChI is InChI=1S/C47H80N2O5/c1-3-5-7-9-11-13-15-17-19-21-23-25-27-29-31-35-39-53-47(52)44-40-43(54-46(51)42-48-37-33-34-38-48)41-49(44)45(50)36-32-30-28-26-24-22-20-18-16-14-12-10-8-6-4-2/h11-14,17-20,43-44H,3-10,15-16,21-42H2,1-2H3/b13-11-,14-12-,19-17-,20-18-. The molecule has 2 atom stereocenters. The first kappa shape index (κ1) is 47.5. The Balaban J connectivity index is 1.63. The van der Waals surface area contributed by atoms with Gasteiger partial charge < -0.3 is 14.4 Å². The number of likely N-dealkylation sites (tertiary alicyclic amines) is 2. The number of unbranched alkanes of at least 4 members (excludes halogenated alkanes) is 17. The largest absolute Gasteiger partial charge is 0.464 e. The molecular formula is C47H80N2O5. The number of esters is 2. The van der Waals surface area contributed by atoms with Crippen LogP contribution < -0.4 is 0 Å². The minimum Gasteiger partial charge on any atom is -0.464 e. The Bertz CT molecular complexity index is 1080. The van der Waals surface area contributed by atoms with Crippen LogP contribution in [0.2, 0.25) is 0 Å². The van der Waals surface area contributed by atoms with Gasteiger partial charge in [-0.05, 0) is 103 Å². The molecule has 7 nitrogen and oxygen atoms in total. The topological polar surface area (TPSA) is 76.2 Å². The van der Waals surface area contributed by atoms with Crippen LogP contribution in [-0.4, -0.2) is 72.6 Å². The summed E-state index contributed by atoms with van der Waals surface area (Å²) < 4.78 is 11.5. The van der Waals surface area contributed by atoms with Gasteiger partial charge in [0.05, 0.1) is 19.7 Å². The third-order valence-corrected chi connectivity index (χ3v) is 10.6. The Morgan fingerprint density at radius 1 is 0.593 bits per heavy atom. The maximum atomic E-state index is 13.4. The summed E-state index contributed by atoms with van der Waals surface area (Å²) in [5.41, 5.74) is 0. The van der Waals surface area contributed by atoms with Crippen LogP contribution in [0.1, 0.15) is 187 Å². The molecule has 0 spiro atoms. The Labute approximate surface area is 331 Å². The molecule has 0 aromatic rings. The summed E-state index contributed by atoms with van der Waals surface area (Å²) in [7, 11) is 0. The summed E-state index contributed by atoms with van der Waals surface area (Å²) in [5.74, 6) is -0.656. The van der Waals surface area contributed by atoms with Crippen molar-refractivity contribution in [2.24, 2.45) is 0 Å². The highest BCUT2D eigenvalue weighted by Crippen LogP contribution is 2.24. The fraction of sp³-hybridized carbons (Fsp3) is 0.766. The van der Waals surface area contributed by atoms with Crippen LogP contribution in [0.5, 0.6) is 0 Å². The van der Waals surface area contributed by atoms with Gasteiger partial charge in [-0.2, -0.15) is 0 Å². The zero-order valence-corrected chi connectivity index (χ0v) is 34.8. The molecule has 2 saturated heterocycles. The van der Waals surface area contributed by atoms with Gasteiger partial charge in [-0.3, -0.25) is 14.5 Å². The molecular weight excluding hydrogens is 673 g/mol. The van der Waals surface area contributed by atoms with E-state index in [2.05, 4.69) is 67.4 Å². The molecule has 0 aliphatic carbocycles. The molecule has 7 heteroatoms. The van der Waals surface area contributed by atoms with E-state index in [-0.39, 0.29) is 30.9 Å². The normalized spacial score (nSPS) is 18.0. The predicted octanol–water partition coefficient (Wildman–Crippen LogP) is 11.8. The third kappa shape index (κ3) is 24.7. The van der Waals surface area contributed by atoms with Crippen LogP contribution in [0.4, 0.5) is 0 Å². The van der Waals surface area contributed by atoms with Crippen molar-refractivity contribution in [3.8, 4) is 0 Å². The molecule has 308 valence electrons. The number of amides is 1. The fourth-order valence-corrected chi connectivity index (χ4v) is 7.32. The van der Waals surface area contributed by atoms with Crippen molar-refractivity contribution in [2.75, 3.05) is 32.8 Å². The van der Waals surface area contributed by atoms with Crippen LogP contribution in [0.25, 0.3) is 0 Å². The van der Waals surface area contributed by atoms with Crippen molar-refractivity contribution >= 4 is 17.8 Å². The number of allylic oxidation sites excluding steroid dienone is 8. The monoisotopic (exact) mass is 753 g/mol. The molecule has 2 aliphatic heterocycles. The van der Waals surface area contributed by atoms with Gasteiger partial charge in [0.2, 0.25) is 5.91 Å². The van der Waals surface area contributed by atoms with E-state index in [9.17, 15) is 14.4 Å². The third-order valence-electron chi connectivity index (χ3n) is 10.6. The van der Waals surface area contributed by atoms with Gasteiger partial charge in [0.15, 0.2) is 0 Å². The molecule has 2 fully saturated rings.